The zero-order chi connectivity index (χ0) is 10.6. The van der Waals surface area contributed by atoms with Crippen LogP contribution in [-0.2, 0) is 0 Å². The molecule has 1 unspecified atom stereocenters. The molecule has 3 heteroatoms. The lowest BCUT2D eigenvalue weighted by Gasteiger charge is -2.18. The fourth-order valence-electron chi connectivity index (χ4n) is 1.26. The minimum absolute atomic E-state index is 0.229. The summed E-state index contributed by atoms with van der Waals surface area (Å²) in [5, 5.41) is 1.96. The Kier molecular flexibility index (Phi) is 3.89. The van der Waals surface area contributed by atoms with Gasteiger partial charge in [-0.1, -0.05) is 33.8 Å². The molecule has 0 saturated heterocycles. The first-order chi connectivity index (χ1) is 6.77. The molecule has 0 amide bonds. The quantitative estimate of drug-likeness (QED) is 0.692. The molecule has 0 aromatic heterocycles. The molecular weight excluding hydrogens is 174 g/mol. The standard InChI is InChI=1S/C9H13N3.C2H6/c1-7(2)9-10-8-5-3-4-6-12(8)11-9;1-2/h3-7,9,11H,1-2H3;1-2H3. The van der Waals surface area contributed by atoms with Crippen molar-refractivity contribution in [1.29, 1.82) is 0 Å². The molecule has 0 aromatic rings. The zero-order valence-corrected chi connectivity index (χ0v) is 9.36. The van der Waals surface area contributed by atoms with Crippen molar-refractivity contribution in [2.24, 2.45) is 10.9 Å². The maximum Gasteiger partial charge on any atom is 0.143 e. The van der Waals surface area contributed by atoms with E-state index in [1.807, 2.05) is 43.3 Å². The van der Waals surface area contributed by atoms with Crippen molar-refractivity contribution in [1.82, 2.24) is 10.4 Å². The highest BCUT2D eigenvalue weighted by molar-refractivity contribution is 5.95. The third kappa shape index (κ3) is 2.23. The Balaban J connectivity index is 0.000000461. The van der Waals surface area contributed by atoms with E-state index >= 15 is 0 Å². The number of hydrogen-bond acceptors (Lipinski definition) is 3. The van der Waals surface area contributed by atoms with Gasteiger partial charge in [0.15, 0.2) is 0 Å². The van der Waals surface area contributed by atoms with Crippen LogP contribution in [0.4, 0.5) is 0 Å². The van der Waals surface area contributed by atoms with E-state index in [1.165, 1.54) is 0 Å². The molecule has 0 aliphatic carbocycles. The SMILES string of the molecule is CC.CC(C)C1N=C2C=CC=CN2N1. The van der Waals surface area contributed by atoms with Crippen molar-refractivity contribution < 1.29 is 0 Å². The first kappa shape index (κ1) is 11.0. The van der Waals surface area contributed by atoms with Gasteiger partial charge in [-0.2, -0.15) is 0 Å². The van der Waals surface area contributed by atoms with Gasteiger partial charge >= 0.3 is 0 Å². The molecule has 1 atom stereocenters. The predicted molar refractivity (Wildman–Crippen MR) is 60.7 cm³/mol. The number of allylic oxidation sites excluding steroid dienone is 2. The summed E-state index contributed by atoms with van der Waals surface area (Å²) in [7, 11) is 0. The number of hydrogen-bond donors (Lipinski definition) is 1. The number of hydrazine groups is 1. The van der Waals surface area contributed by atoms with Gasteiger partial charge in [-0.3, -0.25) is 5.01 Å². The minimum Gasteiger partial charge on any atom is -0.265 e. The molecule has 14 heavy (non-hydrogen) atoms. The summed E-state index contributed by atoms with van der Waals surface area (Å²) in [5.41, 5.74) is 3.28. The minimum atomic E-state index is 0.229. The molecule has 2 rings (SSSR count). The van der Waals surface area contributed by atoms with Gasteiger partial charge in [-0.15, -0.1) is 0 Å². The molecule has 0 fully saturated rings. The molecule has 3 nitrogen and oxygen atoms in total. The van der Waals surface area contributed by atoms with Crippen LogP contribution in [0.5, 0.6) is 0 Å². The summed E-state index contributed by atoms with van der Waals surface area (Å²) in [4.78, 5) is 4.50. The molecule has 0 spiro atoms. The van der Waals surface area contributed by atoms with Gasteiger partial charge in [0.2, 0.25) is 0 Å². The number of rotatable bonds is 1. The van der Waals surface area contributed by atoms with E-state index in [0.29, 0.717) is 5.92 Å². The van der Waals surface area contributed by atoms with E-state index in [9.17, 15) is 0 Å². The highest BCUT2D eigenvalue weighted by atomic mass is 15.6. The van der Waals surface area contributed by atoms with Crippen molar-refractivity contribution in [2.75, 3.05) is 0 Å². The van der Waals surface area contributed by atoms with E-state index in [4.69, 9.17) is 0 Å². The first-order valence-corrected chi connectivity index (χ1v) is 5.25. The van der Waals surface area contributed by atoms with Gasteiger partial charge in [0.05, 0.1) is 0 Å². The van der Waals surface area contributed by atoms with E-state index in [0.717, 1.165) is 5.84 Å². The normalized spacial score (nSPS) is 23.1. The second-order valence-electron chi connectivity index (χ2n) is 3.38. The van der Waals surface area contributed by atoms with Crippen LogP contribution in [0.3, 0.4) is 0 Å². The van der Waals surface area contributed by atoms with Crippen LogP contribution in [-0.4, -0.2) is 17.0 Å². The molecular formula is C11H19N3. The van der Waals surface area contributed by atoms with Gasteiger partial charge in [0.1, 0.15) is 12.0 Å². The first-order valence-electron chi connectivity index (χ1n) is 5.25. The van der Waals surface area contributed by atoms with Crippen molar-refractivity contribution >= 4 is 5.84 Å². The second kappa shape index (κ2) is 4.96. The number of nitrogens with one attached hydrogen (secondary N) is 1. The average Bonchev–Trinajstić information content (AvgIpc) is 2.64. The van der Waals surface area contributed by atoms with Crippen LogP contribution in [0.2, 0.25) is 0 Å². The van der Waals surface area contributed by atoms with Crippen LogP contribution >= 0.6 is 0 Å². The van der Waals surface area contributed by atoms with Crippen molar-refractivity contribution in [2.45, 2.75) is 33.9 Å². The van der Waals surface area contributed by atoms with Crippen molar-refractivity contribution in [3.8, 4) is 0 Å². The fraction of sp³-hybridized carbons (Fsp3) is 0.545. The van der Waals surface area contributed by atoms with Gasteiger partial charge < -0.3 is 0 Å². The summed E-state index contributed by atoms with van der Waals surface area (Å²) in [6.07, 6.45) is 8.22. The largest absolute Gasteiger partial charge is 0.265 e. The Morgan fingerprint density at radius 1 is 1.36 bits per heavy atom. The van der Waals surface area contributed by atoms with E-state index < -0.39 is 0 Å². The highest BCUT2D eigenvalue weighted by Gasteiger charge is 2.23. The third-order valence-electron chi connectivity index (χ3n) is 2.01. The van der Waals surface area contributed by atoms with Gasteiger partial charge in [0.25, 0.3) is 0 Å². The molecule has 0 aromatic carbocycles. The lowest BCUT2D eigenvalue weighted by atomic mass is 10.2. The van der Waals surface area contributed by atoms with Gasteiger partial charge in [0, 0.05) is 6.20 Å². The maximum atomic E-state index is 4.50. The fourth-order valence-corrected chi connectivity index (χ4v) is 1.26. The van der Waals surface area contributed by atoms with Crippen LogP contribution in [0.1, 0.15) is 27.7 Å². The number of fused-ring (bicyclic) bond motifs is 1. The topological polar surface area (TPSA) is 27.6 Å². The van der Waals surface area contributed by atoms with E-state index in [-0.39, 0.29) is 6.17 Å². The molecule has 0 radical (unpaired) electrons. The Bertz CT molecular complexity index is 264. The van der Waals surface area contributed by atoms with Gasteiger partial charge in [-0.25, -0.2) is 10.4 Å². The summed E-state index contributed by atoms with van der Waals surface area (Å²) in [6.45, 7) is 8.32. The monoisotopic (exact) mass is 193 g/mol. The highest BCUT2D eigenvalue weighted by Crippen LogP contribution is 2.14. The summed E-state index contributed by atoms with van der Waals surface area (Å²) in [6, 6.07) is 0. The molecule has 78 valence electrons. The van der Waals surface area contributed by atoms with Gasteiger partial charge in [-0.05, 0) is 18.1 Å². The summed E-state index contributed by atoms with van der Waals surface area (Å²) < 4.78 is 0. The Morgan fingerprint density at radius 2 is 2.07 bits per heavy atom. The summed E-state index contributed by atoms with van der Waals surface area (Å²) >= 11 is 0. The van der Waals surface area contributed by atoms with Crippen LogP contribution in [0.25, 0.3) is 0 Å². The summed E-state index contributed by atoms with van der Waals surface area (Å²) in [5.74, 6) is 1.54. The van der Waals surface area contributed by atoms with Crippen LogP contribution in [0.15, 0.2) is 29.4 Å². The number of amidine groups is 1. The second-order valence-corrected chi connectivity index (χ2v) is 3.38. The maximum absolute atomic E-state index is 4.50. The van der Waals surface area contributed by atoms with E-state index in [1.54, 1.807) is 0 Å². The third-order valence-corrected chi connectivity index (χ3v) is 2.01. The number of nitrogens with zero attached hydrogens (tertiary/aromatic N) is 2. The Morgan fingerprint density at radius 3 is 2.64 bits per heavy atom. The predicted octanol–water partition coefficient (Wildman–Crippen LogP) is 2.30. The Labute approximate surface area is 86.2 Å². The molecule has 1 N–H and O–H groups in total. The number of aliphatic imine (C=N–C) groups is 1. The molecule has 2 aliphatic heterocycles. The van der Waals surface area contributed by atoms with Crippen LogP contribution in [0, 0.1) is 5.92 Å². The molecule has 2 heterocycles. The van der Waals surface area contributed by atoms with Crippen molar-refractivity contribution in [3.05, 3.63) is 24.4 Å². The van der Waals surface area contributed by atoms with Crippen molar-refractivity contribution in [3.63, 3.8) is 0 Å². The Hall–Kier alpha value is -1.09. The lowest BCUT2D eigenvalue weighted by molar-refractivity contribution is 0.324. The lowest BCUT2D eigenvalue weighted by Crippen LogP contribution is -2.38. The molecule has 0 saturated carbocycles. The van der Waals surface area contributed by atoms with E-state index in [2.05, 4.69) is 24.3 Å². The molecule has 2 aliphatic rings. The van der Waals surface area contributed by atoms with Crippen LogP contribution < -0.4 is 5.43 Å². The smallest absolute Gasteiger partial charge is 0.143 e. The average molecular weight is 193 g/mol. The molecule has 0 bridgehead atoms. The zero-order valence-electron chi connectivity index (χ0n) is 9.36.